The Morgan fingerprint density at radius 1 is 0.878 bits per heavy atom. The number of ether oxygens (including phenoxy) is 1. The fourth-order valence-corrected chi connectivity index (χ4v) is 5.48. The topological polar surface area (TPSA) is 80.1 Å². The third kappa shape index (κ3) is 8.44. The Bertz CT molecular complexity index is 1520. The van der Waals surface area contributed by atoms with Gasteiger partial charge < -0.3 is 14.0 Å². The molecule has 0 radical (unpaired) electrons. The molecule has 41 heavy (non-hydrogen) atoms. The lowest BCUT2D eigenvalue weighted by molar-refractivity contribution is 0.103. The van der Waals surface area contributed by atoms with E-state index >= 15 is 0 Å². The number of nitrogens with one attached hydrogen (secondary N) is 1. The van der Waals surface area contributed by atoms with E-state index in [1.165, 1.54) is 25.7 Å². The lowest BCUT2D eigenvalue weighted by Gasteiger charge is -2.21. The van der Waals surface area contributed by atoms with E-state index in [4.69, 9.17) is 4.74 Å². The Morgan fingerprint density at radius 2 is 1.54 bits per heavy atom. The third-order valence-electron chi connectivity index (χ3n) is 7.03. The molecule has 4 aromatic rings. The van der Waals surface area contributed by atoms with Crippen LogP contribution in [0.25, 0.3) is 16.6 Å². The second-order valence-electron chi connectivity index (χ2n) is 10.5. The molecule has 0 aliphatic heterocycles. The van der Waals surface area contributed by atoms with Crippen LogP contribution in [0.4, 0.5) is 5.69 Å². The van der Waals surface area contributed by atoms with E-state index in [2.05, 4.69) is 23.5 Å². The van der Waals surface area contributed by atoms with Crippen molar-refractivity contribution in [1.29, 1.82) is 0 Å². The van der Waals surface area contributed by atoms with Crippen molar-refractivity contribution in [1.82, 2.24) is 9.30 Å². The maximum atomic E-state index is 13.9. The normalized spacial score (nSPS) is 11.7. The van der Waals surface area contributed by atoms with E-state index in [-0.39, 0.29) is 5.78 Å². The van der Waals surface area contributed by atoms with Crippen LogP contribution < -0.4 is 9.46 Å². The smallest absolute Gasteiger partial charge is 0.229 e. The highest BCUT2D eigenvalue weighted by molar-refractivity contribution is 7.92. The van der Waals surface area contributed by atoms with Gasteiger partial charge in [-0.15, -0.1) is 0 Å². The number of benzene rings is 2. The molecule has 8 heteroatoms. The third-order valence-corrected chi connectivity index (χ3v) is 7.64. The van der Waals surface area contributed by atoms with Crippen LogP contribution in [-0.2, 0) is 10.0 Å². The van der Waals surface area contributed by atoms with Crippen molar-refractivity contribution in [2.75, 3.05) is 37.2 Å². The second-order valence-corrected chi connectivity index (χ2v) is 12.2. The predicted octanol–water partition coefficient (Wildman–Crippen LogP) is 6.88. The van der Waals surface area contributed by atoms with Crippen molar-refractivity contribution in [2.45, 2.75) is 46.0 Å². The van der Waals surface area contributed by atoms with Crippen LogP contribution in [0.5, 0.6) is 5.75 Å². The van der Waals surface area contributed by atoms with Gasteiger partial charge >= 0.3 is 0 Å². The molecule has 2 aromatic carbocycles. The lowest BCUT2D eigenvalue weighted by atomic mass is 10.0. The molecule has 0 unspecified atom stereocenters. The summed E-state index contributed by atoms with van der Waals surface area (Å²) in [4.78, 5) is 16.5. The van der Waals surface area contributed by atoms with E-state index in [1.54, 1.807) is 34.9 Å². The molecule has 2 heterocycles. The van der Waals surface area contributed by atoms with Gasteiger partial charge in [0.2, 0.25) is 15.8 Å². The molecule has 1 N–H and O–H groups in total. The molecule has 0 atom stereocenters. The molecule has 0 bridgehead atoms. The van der Waals surface area contributed by atoms with Gasteiger partial charge in [0.25, 0.3) is 0 Å². The van der Waals surface area contributed by atoms with Crippen LogP contribution in [0.3, 0.4) is 0 Å². The number of pyridine rings is 1. The number of unbranched alkanes of at least 4 members (excludes halogenated alkanes) is 2. The molecule has 0 spiro atoms. The largest absolute Gasteiger partial charge is 0.494 e. The number of fused-ring (bicyclic) bond motifs is 1. The summed E-state index contributed by atoms with van der Waals surface area (Å²) in [6.07, 6.45) is 8.56. The van der Waals surface area contributed by atoms with Crippen LogP contribution in [0.2, 0.25) is 0 Å². The van der Waals surface area contributed by atoms with Gasteiger partial charge in [0, 0.05) is 29.4 Å². The molecule has 4 rings (SSSR count). The number of carbonyl (C=O) groups is 1. The highest BCUT2D eigenvalue weighted by Gasteiger charge is 2.21. The summed E-state index contributed by atoms with van der Waals surface area (Å²) in [7, 11) is -3.47. The van der Waals surface area contributed by atoms with Crippen molar-refractivity contribution in [2.24, 2.45) is 0 Å². The van der Waals surface area contributed by atoms with E-state index in [1.807, 2.05) is 48.5 Å². The number of ketones is 1. The SMILES string of the molecule is CCCCN(CCCC)CCCOc1ccc(C(=O)c2c(-c3ccccc3)cc3ccc(NS(C)(=O)=O)cn23)cc1. The minimum absolute atomic E-state index is 0.158. The van der Waals surface area contributed by atoms with Gasteiger partial charge in [0.1, 0.15) is 11.4 Å². The average Bonchev–Trinajstić information content (AvgIpc) is 3.34. The zero-order valence-electron chi connectivity index (χ0n) is 24.3. The molecule has 0 aliphatic rings. The Labute approximate surface area is 244 Å². The molecular formula is C33H41N3O4S. The number of hydrogen-bond donors (Lipinski definition) is 1. The predicted molar refractivity (Wildman–Crippen MR) is 168 cm³/mol. The van der Waals surface area contributed by atoms with Crippen LogP contribution >= 0.6 is 0 Å². The van der Waals surface area contributed by atoms with E-state index in [0.717, 1.165) is 54.7 Å². The van der Waals surface area contributed by atoms with Gasteiger partial charge in [-0.25, -0.2) is 8.42 Å². The number of hydrogen-bond acceptors (Lipinski definition) is 5. The fraction of sp³-hybridized carbons (Fsp3) is 0.364. The average molecular weight is 576 g/mol. The minimum atomic E-state index is -3.47. The summed E-state index contributed by atoms with van der Waals surface area (Å²) in [6, 6.07) is 22.4. The summed E-state index contributed by atoms with van der Waals surface area (Å²) in [5.41, 5.74) is 3.86. The van der Waals surface area contributed by atoms with Gasteiger partial charge in [-0.05, 0) is 80.4 Å². The summed E-state index contributed by atoms with van der Waals surface area (Å²) in [6.45, 7) is 8.38. The van der Waals surface area contributed by atoms with Gasteiger partial charge in [-0.2, -0.15) is 0 Å². The van der Waals surface area contributed by atoms with E-state index in [0.29, 0.717) is 23.6 Å². The quantitative estimate of drug-likeness (QED) is 0.116. The Balaban J connectivity index is 1.52. The highest BCUT2D eigenvalue weighted by Crippen LogP contribution is 2.31. The van der Waals surface area contributed by atoms with Crippen molar-refractivity contribution < 1.29 is 17.9 Å². The summed E-state index contributed by atoms with van der Waals surface area (Å²) < 4.78 is 34.0. The molecule has 218 valence electrons. The van der Waals surface area contributed by atoms with E-state index < -0.39 is 10.0 Å². The number of sulfonamides is 1. The van der Waals surface area contributed by atoms with Gasteiger partial charge in [0.05, 0.1) is 18.6 Å². The molecule has 0 aliphatic carbocycles. The summed E-state index contributed by atoms with van der Waals surface area (Å²) >= 11 is 0. The molecule has 0 saturated heterocycles. The number of rotatable bonds is 16. The highest BCUT2D eigenvalue weighted by atomic mass is 32.2. The first-order valence-corrected chi connectivity index (χ1v) is 16.4. The summed E-state index contributed by atoms with van der Waals surface area (Å²) in [5.74, 6) is 0.576. The standard InChI is InChI=1S/C33H41N3O4S/c1-4-6-20-35(21-7-5-2)22-11-23-40-30-18-14-27(15-19-30)33(37)32-31(26-12-9-8-10-13-26)24-29-17-16-28(25-36(29)32)34-41(3,38)39/h8-10,12-19,24-25,34H,4-7,11,20-23H2,1-3H3. The van der Waals surface area contributed by atoms with Crippen molar-refractivity contribution in [3.8, 4) is 16.9 Å². The zero-order valence-corrected chi connectivity index (χ0v) is 25.1. The molecule has 7 nitrogen and oxygen atoms in total. The second kappa shape index (κ2) is 14.3. The van der Waals surface area contributed by atoms with Crippen molar-refractivity contribution >= 4 is 27.0 Å². The monoisotopic (exact) mass is 575 g/mol. The number of anilines is 1. The van der Waals surface area contributed by atoms with Crippen LogP contribution in [-0.4, -0.2) is 56.0 Å². The number of nitrogens with zero attached hydrogens (tertiary/aromatic N) is 2. The fourth-order valence-electron chi connectivity index (χ4n) is 4.93. The molecule has 0 fully saturated rings. The van der Waals surface area contributed by atoms with Crippen LogP contribution in [0, 0.1) is 0 Å². The Kier molecular flexibility index (Phi) is 10.6. The Morgan fingerprint density at radius 3 is 2.17 bits per heavy atom. The van der Waals surface area contributed by atoms with Crippen LogP contribution in [0.15, 0.2) is 79.0 Å². The summed E-state index contributed by atoms with van der Waals surface area (Å²) in [5, 5.41) is 0. The maximum Gasteiger partial charge on any atom is 0.229 e. The molecule has 2 aromatic heterocycles. The first kappa shape index (κ1) is 30.3. The molecule has 0 amide bonds. The van der Waals surface area contributed by atoms with Crippen molar-refractivity contribution in [3.63, 3.8) is 0 Å². The first-order valence-electron chi connectivity index (χ1n) is 14.5. The number of carbonyl (C=O) groups excluding carboxylic acids is 1. The van der Waals surface area contributed by atoms with Crippen LogP contribution in [0.1, 0.15) is 62.0 Å². The Hall–Kier alpha value is -3.62. The zero-order chi connectivity index (χ0) is 29.2. The number of aromatic nitrogens is 1. The lowest BCUT2D eigenvalue weighted by Crippen LogP contribution is -2.28. The maximum absolute atomic E-state index is 13.9. The molecule has 0 saturated carbocycles. The first-order chi connectivity index (χ1) is 19.8. The van der Waals surface area contributed by atoms with E-state index in [9.17, 15) is 13.2 Å². The van der Waals surface area contributed by atoms with Gasteiger partial charge in [-0.3, -0.25) is 9.52 Å². The minimum Gasteiger partial charge on any atom is -0.494 e. The van der Waals surface area contributed by atoms with Gasteiger partial charge in [0.15, 0.2) is 0 Å². The van der Waals surface area contributed by atoms with Gasteiger partial charge in [-0.1, -0.05) is 57.0 Å². The van der Waals surface area contributed by atoms with Crippen molar-refractivity contribution in [3.05, 3.63) is 90.3 Å². The molecular weight excluding hydrogens is 534 g/mol.